The molecule has 0 N–H and O–H groups in total. The molecule has 0 amide bonds. The van der Waals surface area contributed by atoms with Gasteiger partial charge in [-0.05, 0) is 50.4 Å². The third-order valence-corrected chi connectivity index (χ3v) is 4.73. The summed E-state index contributed by atoms with van der Waals surface area (Å²) in [5.74, 6) is 0.388. The number of hydrogen-bond donors (Lipinski definition) is 0. The highest BCUT2D eigenvalue weighted by molar-refractivity contribution is 5.73. The summed E-state index contributed by atoms with van der Waals surface area (Å²) in [4.78, 5) is 12.0. The lowest BCUT2D eigenvalue weighted by Crippen LogP contribution is -2.38. The van der Waals surface area contributed by atoms with Crippen molar-refractivity contribution in [2.24, 2.45) is 17.3 Å². The Balaban J connectivity index is 2.29. The lowest BCUT2D eigenvalue weighted by molar-refractivity contribution is -0.149. The Kier molecular flexibility index (Phi) is 3.94. The maximum absolute atomic E-state index is 12.0. The van der Waals surface area contributed by atoms with Gasteiger partial charge in [-0.15, -0.1) is 0 Å². The van der Waals surface area contributed by atoms with Gasteiger partial charge in [0.1, 0.15) is 0 Å². The van der Waals surface area contributed by atoms with Crippen LogP contribution in [0.1, 0.15) is 46.0 Å². The fraction of sp³-hybridized carbons (Fsp3) is 0.688. The van der Waals surface area contributed by atoms with E-state index >= 15 is 0 Å². The quantitative estimate of drug-likeness (QED) is 0.520. The van der Waals surface area contributed by atoms with Gasteiger partial charge in [0, 0.05) is 0 Å². The van der Waals surface area contributed by atoms with Crippen LogP contribution in [-0.2, 0) is 9.53 Å². The maximum atomic E-state index is 12.0. The van der Waals surface area contributed by atoms with E-state index in [-0.39, 0.29) is 17.3 Å². The zero-order valence-corrected chi connectivity index (χ0v) is 11.7. The lowest BCUT2D eigenvalue weighted by atomic mass is 9.62. The fourth-order valence-corrected chi connectivity index (χ4v) is 3.52. The average Bonchev–Trinajstić information content (AvgIpc) is 2.34. The summed E-state index contributed by atoms with van der Waals surface area (Å²) in [5.41, 5.74) is 1.63. The molecular formula is C16H24O2. The predicted molar refractivity (Wildman–Crippen MR) is 73.1 cm³/mol. The number of rotatable bonds is 1. The second kappa shape index (κ2) is 5.29. The summed E-state index contributed by atoms with van der Waals surface area (Å²) in [5, 5.41) is 0. The molecule has 0 aromatic heterocycles. The van der Waals surface area contributed by atoms with Gasteiger partial charge < -0.3 is 4.74 Å². The molecule has 2 rings (SSSR count). The highest BCUT2D eigenvalue weighted by Gasteiger charge is 2.42. The van der Waals surface area contributed by atoms with E-state index in [1.165, 1.54) is 31.9 Å². The van der Waals surface area contributed by atoms with Crippen LogP contribution in [0.4, 0.5) is 0 Å². The third-order valence-electron chi connectivity index (χ3n) is 4.73. The SMILES string of the molecule is COC(=O)[C@H]1CC=C[C@@]2(C)CCC/C(C)=C\C[C@@H]12. The normalized spacial score (nSPS) is 38.9. The minimum Gasteiger partial charge on any atom is -0.469 e. The Morgan fingerprint density at radius 3 is 2.94 bits per heavy atom. The number of allylic oxidation sites excluding steroid dienone is 4. The number of fused-ring (bicyclic) bond motifs is 1. The first-order valence-electron chi connectivity index (χ1n) is 6.98. The van der Waals surface area contributed by atoms with Crippen LogP contribution in [0.15, 0.2) is 23.8 Å². The molecule has 0 unspecified atom stereocenters. The minimum atomic E-state index is -0.0396. The lowest BCUT2D eigenvalue weighted by Gasteiger charge is -2.42. The van der Waals surface area contributed by atoms with E-state index in [4.69, 9.17) is 4.74 Å². The Morgan fingerprint density at radius 1 is 1.44 bits per heavy atom. The molecule has 3 atom stereocenters. The van der Waals surface area contributed by atoms with E-state index in [9.17, 15) is 4.79 Å². The van der Waals surface area contributed by atoms with Crippen LogP contribution in [0.25, 0.3) is 0 Å². The molecule has 2 heteroatoms. The molecule has 0 radical (unpaired) electrons. The monoisotopic (exact) mass is 248 g/mol. The van der Waals surface area contributed by atoms with Gasteiger partial charge >= 0.3 is 5.97 Å². The first-order valence-corrected chi connectivity index (χ1v) is 6.98. The summed E-state index contributed by atoms with van der Waals surface area (Å²) in [6.45, 7) is 4.51. The zero-order valence-electron chi connectivity index (χ0n) is 11.7. The molecule has 2 aliphatic rings. The first kappa shape index (κ1) is 13.4. The summed E-state index contributed by atoms with van der Waals surface area (Å²) in [6, 6.07) is 0. The molecule has 0 bridgehead atoms. The van der Waals surface area contributed by atoms with Gasteiger partial charge in [0.15, 0.2) is 0 Å². The zero-order chi connectivity index (χ0) is 13.2. The van der Waals surface area contributed by atoms with Gasteiger partial charge in [0.25, 0.3) is 0 Å². The van der Waals surface area contributed by atoms with Gasteiger partial charge in [0.05, 0.1) is 13.0 Å². The third kappa shape index (κ3) is 2.52. The van der Waals surface area contributed by atoms with Crippen molar-refractivity contribution >= 4 is 5.97 Å². The van der Waals surface area contributed by atoms with Crippen LogP contribution in [0.3, 0.4) is 0 Å². The summed E-state index contributed by atoms with van der Waals surface area (Å²) in [6.07, 6.45) is 12.3. The van der Waals surface area contributed by atoms with E-state index < -0.39 is 0 Å². The van der Waals surface area contributed by atoms with Crippen molar-refractivity contribution in [1.29, 1.82) is 0 Å². The largest absolute Gasteiger partial charge is 0.469 e. The highest BCUT2D eigenvalue weighted by atomic mass is 16.5. The molecular weight excluding hydrogens is 224 g/mol. The Labute approximate surface area is 110 Å². The van der Waals surface area contributed by atoms with Crippen LogP contribution in [0.2, 0.25) is 0 Å². The van der Waals surface area contributed by atoms with Gasteiger partial charge in [-0.1, -0.05) is 30.7 Å². The number of carbonyl (C=O) groups is 1. The van der Waals surface area contributed by atoms with Crippen LogP contribution in [-0.4, -0.2) is 13.1 Å². The van der Waals surface area contributed by atoms with Crippen molar-refractivity contribution in [3.63, 3.8) is 0 Å². The van der Waals surface area contributed by atoms with Gasteiger partial charge in [-0.3, -0.25) is 4.79 Å². The summed E-state index contributed by atoms with van der Waals surface area (Å²) in [7, 11) is 1.50. The molecule has 2 aliphatic carbocycles. The Hall–Kier alpha value is -1.05. The molecule has 0 saturated heterocycles. The van der Waals surface area contributed by atoms with Crippen LogP contribution < -0.4 is 0 Å². The molecule has 18 heavy (non-hydrogen) atoms. The van der Waals surface area contributed by atoms with Crippen molar-refractivity contribution in [1.82, 2.24) is 0 Å². The number of hydrogen-bond acceptors (Lipinski definition) is 2. The standard InChI is InChI=1S/C16H24O2/c1-12-6-4-10-16(2)11-5-7-13(15(17)18-3)14(16)9-8-12/h5,8,11,13-14H,4,6-7,9-10H2,1-3H3/b12-8-/t13-,14-,16+/m0/s1. The molecule has 2 nitrogen and oxygen atoms in total. The van der Waals surface area contributed by atoms with Crippen molar-refractivity contribution < 1.29 is 9.53 Å². The smallest absolute Gasteiger partial charge is 0.309 e. The molecule has 0 spiro atoms. The van der Waals surface area contributed by atoms with Crippen LogP contribution in [0.5, 0.6) is 0 Å². The van der Waals surface area contributed by atoms with E-state index in [0.717, 1.165) is 12.8 Å². The Bertz CT molecular complexity index is 381. The van der Waals surface area contributed by atoms with Crippen LogP contribution >= 0.6 is 0 Å². The van der Waals surface area contributed by atoms with E-state index in [0.29, 0.717) is 5.92 Å². The van der Waals surface area contributed by atoms with Crippen molar-refractivity contribution in [3.05, 3.63) is 23.8 Å². The highest BCUT2D eigenvalue weighted by Crippen LogP contribution is 2.47. The minimum absolute atomic E-state index is 0.0344. The van der Waals surface area contributed by atoms with E-state index in [1.807, 2.05) is 0 Å². The fourth-order valence-electron chi connectivity index (χ4n) is 3.52. The summed E-state index contributed by atoms with van der Waals surface area (Å²) >= 11 is 0. The maximum Gasteiger partial charge on any atom is 0.309 e. The first-order chi connectivity index (χ1) is 8.57. The Morgan fingerprint density at radius 2 is 2.22 bits per heavy atom. The van der Waals surface area contributed by atoms with Crippen molar-refractivity contribution in [2.75, 3.05) is 7.11 Å². The average molecular weight is 248 g/mol. The number of methoxy groups -OCH3 is 1. The number of carbonyl (C=O) groups excluding carboxylic acids is 1. The molecule has 0 saturated carbocycles. The van der Waals surface area contributed by atoms with Gasteiger partial charge in [-0.2, -0.15) is 0 Å². The molecule has 0 aromatic rings. The molecule has 0 heterocycles. The van der Waals surface area contributed by atoms with Crippen LogP contribution in [0, 0.1) is 17.3 Å². The van der Waals surface area contributed by atoms with Gasteiger partial charge in [0.2, 0.25) is 0 Å². The molecule has 0 aliphatic heterocycles. The van der Waals surface area contributed by atoms with E-state index in [2.05, 4.69) is 32.1 Å². The second-order valence-corrected chi connectivity index (χ2v) is 6.02. The molecule has 0 aromatic carbocycles. The van der Waals surface area contributed by atoms with Crippen molar-refractivity contribution in [3.8, 4) is 0 Å². The van der Waals surface area contributed by atoms with E-state index in [1.54, 1.807) is 0 Å². The summed E-state index contributed by atoms with van der Waals surface area (Å²) < 4.78 is 4.99. The molecule has 100 valence electrons. The topological polar surface area (TPSA) is 26.3 Å². The van der Waals surface area contributed by atoms with Crippen molar-refractivity contribution in [2.45, 2.75) is 46.0 Å². The second-order valence-electron chi connectivity index (χ2n) is 6.02. The number of ether oxygens (including phenoxy) is 1. The van der Waals surface area contributed by atoms with Gasteiger partial charge in [-0.25, -0.2) is 0 Å². The number of esters is 1. The predicted octanol–water partition coefficient (Wildman–Crippen LogP) is 3.88. The molecule has 0 fully saturated rings.